The van der Waals surface area contributed by atoms with E-state index in [1.165, 1.54) is 11.1 Å². The van der Waals surface area contributed by atoms with Crippen LogP contribution in [0.5, 0.6) is 0 Å². The normalized spacial score (nSPS) is 11.2. The Balaban J connectivity index is 1.65. The van der Waals surface area contributed by atoms with Gasteiger partial charge in [0, 0.05) is 23.1 Å². The Morgan fingerprint density at radius 3 is 2.42 bits per heavy atom. The fraction of sp³-hybridized carbons (Fsp3) is 0.240. The molecule has 8 heteroatoms. The van der Waals surface area contributed by atoms with Crippen LogP contribution in [0.15, 0.2) is 77.7 Å². The summed E-state index contributed by atoms with van der Waals surface area (Å²) in [6.07, 6.45) is 0. The molecule has 0 aliphatic heterocycles. The molecule has 0 aliphatic rings. The highest BCUT2D eigenvalue weighted by Gasteiger charge is 2.27. The van der Waals surface area contributed by atoms with Gasteiger partial charge in [0.15, 0.2) is 0 Å². The molecular weight excluding hydrogens is 476 g/mol. The predicted molar refractivity (Wildman–Crippen MR) is 138 cm³/mol. The molecule has 5 nitrogen and oxygen atoms in total. The molecule has 0 unspecified atom stereocenters. The molecule has 0 bridgehead atoms. The number of benzene rings is 3. The third-order valence-electron chi connectivity index (χ3n) is 5.08. The number of sulfonamides is 1. The molecule has 0 aromatic heterocycles. The SMILES string of the molecule is Cc1ccc(S(=O)(=O)N(CC(=O)NCCSCc2ccccc2C)c2cccc(Cl)c2)cc1. The van der Waals surface area contributed by atoms with Gasteiger partial charge in [-0.15, -0.1) is 0 Å². The van der Waals surface area contributed by atoms with Crippen molar-refractivity contribution in [2.24, 2.45) is 0 Å². The number of amides is 1. The standard InChI is InChI=1S/C25H27ClN2O3S2/c1-19-10-12-24(13-11-19)33(30,31)28(23-9-5-8-22(26)16-23)17-25(29)27-14-15-32-18-21-7-4-3-6-20(21)2/h3-13,16H,14-15,17-18H2,1-2H3,(H,27,29). The number of hydrogen-bond donors (Lipinski definition) is 1. The minimum absolute atomic E-state index is 0.120. The number of aryl methyl sites for hydroxylation is 2. The lowest BCUT2D eigenvalue weighted by molar-refractivity contribution is -0.119. The van der Waals surface area contributed by atoms with E-state index >= 15 is 0 Å². The molecular formula is C25H27ClN2O3S2. The van der Waals surface area contributed by atoms with Crippen molar-refractivity contribution in [2.45, 2.75) is 24.5 Å². The number of nitrogens with one attached hydrogen (secondary N) is 1. The number of hydrogen-bond acceptors (Lipinski definition) is 4. The molecule has 0 atom stereocenters. The zero-order chi connectivity index (χ0) is 23.8. The van der Waals surface area contributed by atoms with Crippen molar-refractivity contribution < 1.29 is 13.2 Å². The summed E-state index contributed by atoms with van der Waals surface area (Å²) in [4.78, 5) is 12.8. The van der Waals surface area contributed by atoms with Crippen molar-refractivity contribution in [1.29, 1.82) is 0 Å². The van der Waals surface area contributed by atoms with Crippen molar-refractivity contribution in [3.63, 3.8) is 0 Å². The highest BCUT2D eigenvalue weighted by Crippen LogP contribution is 2.26. The second kappa shape index (κ2) is 11.6. The quantitative estimate of drug-likeness (QED) is 0.387. The highest BCUT2D eigenvalue weighted by atomic mass is 35.5. The molecule has 1 amide bonds. The Morgan fingerprint density at radius 2 is 1.73 bits per heavy atom. The van der Waals surface area contributed by atoms with Gasteiger partial charge in [0.05, 0.1) is 10.6 Å². The van der Waals surface area contributed by atoms with Gasteiger partial charge in [-0.05, 0) is 55.3 Å². The minimum atomic E-state index is -3.95. The first-order valence-corrected chi connectivity index (χ1v) is 13.5. The molecule has 0 heterocycles. The van der Waals surface area contributed by atoms with Crippen LogP contribution < -0.4 is 9.62 Å². The number of carbonyl (C=O) groups is 1. The maximum Gasteiger partial charge on any atom is 0.264 e. The summed E-state index contributed by atoms with van der Waals surface area (Å²) < 4.78 is 27.8. The van der Waals surface area contributed by atoms with E-state index < -0.39 is 10.0 Å². The highest BCUT2D eigenvalue weighted by molar-refractivity contribution is 7.98. The Labute approximate surface area is 205 Å². The first-order chi connectivity index (χ1) is 15.8. The van der Waals surface area contributed by atoms with Crippen LogP contribution in [0, 0.1) is 13.8 Å². The molecule has 0 saturated carbocycles. The molecule has 174 valence electrons. The minimum Gasteiger partial charge on any atom is -0.354 e. The van der Waals surface area contributed by atoms with Gasteiger partial charge in [-0.3, -0.25) is 9.10 Å². The topological polar surface area (TPSA) is 66.5 Å². The molecule has 0 saturated heterocycles. The largest absolute Gasteiger partial charge is 0.354 e. The molecule has 0 fully saturated rings. The van der Waals surface area contributed by atoms with Crippen molar-refractivity contribution in [3.8, 4) is 0 Å². The molecule has 1 N–H and O–H groups in total. The fourth-order valence-corrected chi connectivity index (χ4v) is 5.72. The van der Waals surface area contributed by atoms with Crippen molar-refractivity contribution >= 4 is 45.0 Å². The first kappa shape index (κ1) is 25.1. The van der Waals surface area contributed by atoms with E-state index in [-0.39, 0.29) is 17.3 Å². The maximum absolute atomic E-state index is 13.4. The Morgan fingerprint density at radius 1 is 1.00 bits per heavy atom. The van der Waals surface area contributed by atoms with Gasteiger partial charge in [-0.1, -0.05) is 59.6 Å². The van der Waals surface area contributed by atoms with E-state index in [4.69, 9.17) is 11.6 Å². The summed E-state index contributed by atoms with van der Waals surface area (Å²) in [6, 6.07) is 21.2. The van der Waals surface area contributed by atoms with Gasteiger partial charge in [0.2, 0.25) is 5.91 Å². The summed E-state index contributed by atoms with van der Waals surface area (Å²) in [6.45, 7) is 4.08. The zero-order valence-electron chi connectivity index (χ0n) is 18.6. The average molecular weight is 503 g/mol. The number of nitrogens with zero attached hydrogens (tertiary/aromatic N) is 1. The summed E-state index contributed by atoms with van der Waals surface area (Å²) in [7, 11) is -3.95. The van der Waals surface area contributed by atoms with Crippen LogP contribution in [-0.2, 0) is 20.6 Å². The van der Waals surface area contributed by atoms with Gasteiger partial charge in [-0.2, -0.15) is 11.8 Å². The van der Waals surface area contributed by atoms with E-state index in [9.17, 15) is 13.2 Å². The number of rotatable bonds is 10. The van der Waals surface area contributed by atoms with Crippen molar-refractivity contribution in [1.82, 2.24) is 5.32 Å². The van der Waals surface area contributed by atoms with E-state index in [2.05, 4.69) is 24.4 Å². The lowest BCUT2D eigenvalue weighted by Crippen LogP contribution is -2.41. The van der Waals surface area contributed by atoms with Crippen LogP contribution in [0.2, 0.25) is 5.02 Å². The van der Waals surface area contributed by atoms with Gasteiger partial charge in [-0.25, -0.2) is 8.42 Å². The second-order valence-corrected chi connectivity index (χ2v) is 11.0. The molecule has 3 aromatic rings. The van der Waals surface area contributed by atoms with Crippen LogP contribution in [-0.4, -0.2) is 33.2 Å². The number of anilines is 1. The Bertz CT molecular complexity index is 1200. The summed E-state index contributed by atoms with van der Waals surface area (Å²) in [5.41, 5.74) is 3.80. The Hall–Kier alpha value is -2.48. The molecule has 3 aromatic carbocycles. The summed E-state index contributed by atoms with van der Waals surface area (Å²) >= 11 is 7.82. The van der Waals surface area contributed by atoms with Gasteiger partial charge in [0.25, 0.3) is 10.0 Å². The lowest BCUT2D eigenvalue weighted by atomic mass is 10.1. The third-order valence-corrected chi connectivity index (χ3v) is 8.11. The molecule has 0 radical (unpaired) electrons. The summed E-state index contributed by atoms with van der Waals surface area (Å²) in [5, 5.41) is 3.23. The van der Waals surface area contributed by atoms with E-state index in [0.29, 0.717) is 17.3 Å². The zero-order valence-corrected chi connectivity index (χ0v) is 21.0. The molecule has 0 aliphatic carbocycles. The van der Waals surface area contributed by atoms with Crippen molar-refractivity contribution in [3.05, 3.63) is 94.5 Å². The molecule has 33 heavy (non-hydrogen) atoms. The van der Waals surface area contributed by atoms with Crippen LogP contribution >= 0.6 is 23.4 Å². The van der Waals surface area contributed by atoms with Crippen LogP contribution in [0.1, 0.15) is 16.7 Å². The van der Waals surface area contributed by atoms with E-state index in [1.54, 1.807) is 60.3 Å². The van der Waals surface area contributed by atoms with Gasteiger partial charge in [0.1, 0.15) is 6.54 Å². The van der Waals surface area contributed by atoms with Crippen LogP contribution in [0.25, 0.3) is 0 Å². The molecule has 3 rings (SSSR count). The van der Waals surface area contributed by atoms with Crippen LogP contribution in [0.4, 0.5) is 5.69 Å². The van der Waals surface area contributed by atoms with E-state index in [0.717, 1.165) is 21.4 Å². The predicted octanol–water partition coefficient (Wildman–Crippen LogP) is 5.20. The number of carbonyl (C=O) groups excluding carboxylic acids is 1. The number of halogens is 1. The monoisotopic (exact) mass is 502 g/mol. The molecule has 0 spiro atoms. The first-order valence-electron chi connectivity index (χ1n) is 10.5. The van der Waals surface area contributed by atoms with Gasteiger partial charge < -0.3 is 5.32 Å². The number of thioether (sulfide) groups is 1. The van der Waals surface area contributed by atoms with E-state index in [1.807, 2.05) is 19.1 Å². The second-order valence-electron chi connectivity index (χ2n) is 7.63. The average Bonchev–Trinajstić information content (AvgIpc) is 2.78. The van der Waals surface area contributed by atoms with Crippen molar-refractivity contribution in [2.75, 3.05) is 23.1 Å². The summed E-state index contributed by atoms with van der Waals surface area (Å²) in [5.74, 6) is 1.21. The fourth-order valence-electron chi connectivity index (χ4n) is 3.19. The van der Waals surface area contributed by atoms with Crippen LogP contribution in [0.3, 0.4) is 0 Å². The lowest BCUT2D eigenvalue weighted by Gasteiger charge is -2.24. The smallest absolute Gasteiger partial charge is 0.264 e. The van der Waals surface area contributed by atoms with Gasteiger partial charge >= 0.3 is 0 Å². The third kappa shape index (κ3) is 7.00. The maximum atomic E-state index is 13.4. The Kier molecular flexibility index (Phi) is 8.83.